The molecule has 0 aliphatic heterocycles. The molecule has 0 bridgehead atoms. The van der Waals surface area contributed by atoms with Crippen LogP contribution in [0.3, 0.4) is 0 Å². The fourth-order valence-corrected chi connectivity index (χ4v) is 3.23. The third-order valence-electron chi connectivity index (χ3n) is 4.51. The molecule has 0 radical (unpaired) electrons. The highest BCUT2D eigenvalue weighted by Crippen LogP contribution is 2.33. The first-order chi connectivity index (χ1) is 9.31. The maximum absolute atomic E-state index is 5.84. The lowest BCUT2D eigenvalue weighted by Crippen LogP contribution is -2.11. The second-order valence-electron chi connectivity index (χ2n) is 5.72. The van der Waals surface area contributed by atoms with E-state index in [4.69, 9.17) is 10.7 Å². The number of imidazole rings is 1. The molecule has 3 rings (SSSR count). The van der Waals surface area contributed by atoms with Gasteiger partial charge in [-0.05, 0) is 49.4 Å². The zero-order valence-corrected chi connectivity index (χ0v) is 11.7. The minimum Gasteiger partial charge on any atom is -0.342 e. The quantitative estimate of drug-likeness (QED) is 0.878. The van der Waals surface area contributed by atoms with Gasteiger partial charge in [-0.15, -0.1) is 0 Å². The van der Waals surface area contributed by atoms with Crippen LogP contribution < -0.4 is 5.73 Å². The van der Waals surface area contributed by atoms with Crippen molar-refractivity contribution < 1.29 is 0 Å². The zero-order chi connectivity index (χ0) is 13.2. The lowest BCUT2D eigenvalue weighted by atomic mass is 9.96. The Hall–Kier alpha value is -1.35. The van der Waals surface area contributed by atoms with Gasteiger partial charge in [-0.2, -0.15) is 0 Å². The third-order valence-corrected chi connectivity index (χ3v) is 4.51. The highest BCUT2D eigenvalue weighted by Gasteiger charge is 2.20. The fourth-order valence-electron chi connectivity index (χ4n) is 3.23. The van der Waals surface area contributed by atoms with Gasteiger partial charge in [-0.1, -0.05) is 25.8 Å². The van der Waals surface area contributed by atoms with E-state index in [9.17, 15) is 0 Å². The summed E-state index contributed by atoms with van der Waals surface area (Å²) in [6.45, 7) is 2.91. The summed E-state index contributed by atoms with van der Waals surface area (Å²) < 4.78 is 0. The van der Waals surface area contributed by atoms with Gasteiger partial charge in [0.05, 0.1) is 11.0 Å². The molecular formula is C16H23N3. The highest BCUT2D eigenvalue weighted by atomic mass is 14.9. The normalized spacial score (nSPS) is 18.2. The van der Waals surface area contributed by atoms with Crippen LogP contribution in [0.1, 0.15) is 62.3 Å². The number of rotatable bonds is 4. The Morgan fingerprint density at radius 2 is 2.16 bits per heavy atom. The predicted octanol–water partition coefficient (Wildman–Crippen LogP) is 3.67. The first-order valence-electron chi connectivity index (χ1n) is 7.51. The van der Waals surface area contributed by atoms with Crippen LogP contribution in [0.15, 0.2) is 18.2 Å². The average Bonchev–Trinajstić information content (AvgIpc) is 3.08. The molecule has 1 aromatic heterocycles. The number of aromatic nitrogens is 2. The molecule has 3 N–H and O–H groups in total. The first kappa shape index (κ1) is 12.7. The maximum atomic E-state index is 5.84. The number of nitrogens with two attached hydrogens (primary N) is 1. The Balaban J connectivity index is 1.94. The van der Waals surface area contributed by atoms with Gasteiger partial charge >= 0.3 is 0 Å². The fraction of sp³-hybridized carbons (Fsp3) is 0.562. The molecular weight excluding hydrogens is 234 g/mol. The van der Waals surface area contributed by atoms with E-state index in [2.05, 4.69) is 30.1 Å². The minimum atomic E-state index is 0.461. The molecule has 0 amide bonds. The van der Waals surface area contributed by atoms with Gasteiger partial charge in [-0.25, -0.2) is 4.98 Å². The lowest BCUT2D eigenvalue weighted by molar-refractivity contribution is 0.675. The van der Waals surface area contributed by atoms with Gasteiger partial charge in [-0.3, -0.25) is 0 Å². The third kappa shape index (κ3) is 2.39. The maximum Gasteiger partial charge on any atom is 0.110 e. The molecule has 3 heteroatoms. The van der Waals surface area contributed by atoms with Gasteiger partial charge < -0.3 is 10.7 Å². The number of hydrogen-bond acceptors (Lipinski definition) is 2. The smallest absolute Gasteiger partial charge is 0.110 e. The SMILES string of the molecule is CCC(CN)c1ccc2nc(C3CCCC3)[nH]c2c1. The van der Waals surface area contributed by atoms with E-state index in [1.807, 2.05) is 0 Å². The number of hydrogen-bond donors (Lipinski definition) is 2. The molecule has 1 aliphatic carbocycles. The van der Waals surface area contributed by atoms with E-state index in [0.29, 0.717) is 18.4 Å². The summed E-state index contributed by atoms with van der Waals surface area (Å²) in [6, 6.07) is 6.56. The molecule has 1 saturated carbocycles. The van der Waals surface area contributed by atoms with Crippen molar-refractivity contribution in [2.45, 2.75) is 50.9 Å². The molecule has 1 unspecified atom stereocenters. The number of benzene rings is 1. The summed E-state index contributed by atoms with van der Waals surface area (Å²) in [5.74, 6) is 2.29. The van der Waals surface area contributed by atoms with E-state index in [-0.39, 0.29) is 0 Å². The van der Waals surface area contributed by atoms with Gasteiger partial charge in [0.2, 0.25) is 0 Å². The van der Waals surface area contributed by atoms with Crippen LogP contribution in [0.5, 0.6) is 0 Å². The number of aromatic amines is 1. The Morgan fingerprint density at radius 3 is 2.84 bits per heavy atom. The van der Waals surface area contributed by atoms with E-state index in [1.165, 1.54) is 42.6 Å². The van der Waals surface area contributed by atoms with Gasteiger partial charge in [0.15, 0.2) is 0 Å². The predicted molar refractivity (Wildman–Crippen MR) is 79.4 cm³/mol. The van der Waals surface area contributed by atoms with Gasteiger partial charge in [0, 0.05) is 5.92 Å². The second-order valence-corrected chi connectivity index (χ2v) is 5.72. The van der Waals surface area contributed by atoms with E-state index < -0.39 is 0 Å². The molecule has 102 valence electrons. The average molecular weight is 257 g/mol. The van der Waals surface area contributed by atoms with Crippen LogP contribution in [-0.2, 0) is 0 Å². The summed E-state index contributed by atoms with van der Waals surface area (Å²) in [5, 5.41) is 0. The van der Waals surface area contributed by atoms with Crippen molar-refractivity contribution in [3.63, 3.8) is 0 Å². The minimum absolute atomic E-state index is 0.461. The zero-order valence-electron chi connectivity index (χ0n) is 11.7. The monoisotopic (exact) mass is 257 g/mol. The summed E-state index contributed by atoms with van der Waals surface area (Å²) in [4.78, 5) is 8.29. The molecule has 0 spiro atoms. The largest absolute Gasteiger partial charge is 0.342 e. The van der Waals surface area contributed by atoms with Gasteiger partial charge in [0.25, 0.3) is 0 Å². The van der Waals surface area contributed by atoms with Crippen molar-refractivity contribution >= 4 is 11.0 Å². The van der Waals surface area contributed by atoms with E-state index in [1.54, 1.807) is 0 Å². The van der Waals surface area contributed by atoms with Crippen LogP contribution in [0.25, 0.3) is 11.0 Å². The molecule has 3 nitrogen and oxygen atoms in total. The van der Waals surface area contributed by atoms with Crippen molar-refractivity contribution in [3.05, 3.63) is 29.6 Å². The highest BCUT2D eigenvalue weighted by molar-refractivity contribution is 5.76. The molecule has 1 fully saturated rings. The standard InChI is InChI=1S/C16H23N3/c1-2-11(10-17)13-7-8-14-15(9-13)19-16(18-14)12-5-3-4-6-12/h7-9,11-12H,2-6,10,17H2,1H3,(H,18,19). The number of H-pyrrole nitrogens is 1. The first-order valence-corrected chi connectivity index (χ1v) is 7.51. The second kappa shape index (κ2) is 5.33. The summed E-state index contributed by atoms with van der Waals surface area (Å²) >= 11 is 0. The molecule has 1 aromatic carbocycles. The van der Waals surface area contributed by atoms with Crippen LogP contribution >= 0.6 is 0 Å². The summed E-state index contributed by atoms with van der Waals surface area (Å²) in [7, 11) is 0. The molecule has 2 aromatic rings. The lowest BCUT2D eigenvalue weighted by Gasteiger charge is -2.11. The van der Waals surface area contributed by atoms with Crippen LogP contribution in [0.2, 0.25) is 0 Å². The number of nitrogens with zero attached hydrogens (tertiary/aromatic N) is 1. The van der Waals surface area contributed by atoms with Crippen LogP contribution in [0.4, 0.5) is 0 Å². The van der Waals surface area contributed by atoms with E-state index in [0.717, 1.165) is 11.9 Å². The summed E-state index contributed by atoms with van der Waals surface area (Å²) in [5.41, 5.74) is 9.44. The van der Waals surface area contributed by atoms with Gasteiger partial charge in [0.1, 0.15) is 5.82 Å². The van der Waals surface area contributed by atoms with Crippen molar-refractivity contribution in [2.24, 2.45) is 5.73 Å². The van der Waals surface area contributed by atoms with Crippen LogP contribution in [-0.4, -0.2) is 16.5 Å². The Bertz CT molecular complexity index is 548. The Morgan fingerprint density at radius 1 is 1.37 bits per heavy atom. The molecule has 1 atom stereocenters. The van der Waals surface area contributed by atoms with Crippen molar-refractivity contribution in [1.29, 1.82) is 0 Å². The number of fused-ring (bicyclic) bond motifs is 1. The van der Waals surface area contributed by atoms with E-state index >= 15 is 0 Å². The van der Waals surface area contributed by atoms with Crippen molar-refractivity contribution in [2.75, 3.05) is 6.54 Å². The topological polar surface area (TPSA) is 54.7 Å². The Kier molecular flexibility index (Phi) is 3.56. The summed E-state index contributed by atoms with van der Waals surface area (Å²) in [6.07, 6.45) is 6.35. The van der Waals surface area contributed by atoms with Crippen LogP contribution in [0, 0.1) is 0 Å². The molecule has 0 saturated heterocycles. The molecule has 1 heterocycles. The molecule has 19 heavy (non-hydrogen) atoms. The molecule has 1 aliphatic rings. The Labute approximate surface area is 114 Å². The number of nitrogens with one attached hydrogen (secondary N) is 1. The van der Waals surface area contributed by atoms with Crippen molar-refractivity contribution in [3.8, 4) is 0 Å². The van der Waals surface area contributed by atoms with Crippen molar-refractivity contribution in [1.82, 2.24) is 9.97 Å².